The lowest BCUT2D eigenvalue weighted by molar-refractivity contribution is 0.0954. The predicted octanol–water partition coefficient (Wildman–Crippen LogP) is 2.53. The summed E-state index contributed by atoms with van der Waals surface area (Å²) in [6.07, 6.45) is 11.4. The van der Waals surface area contributed by atoms with Crippen LogP contribution in [0.5, 0.6) is 5.88 Å². The molecule has 0 spiro atoms. The minimum Gasteiger partial charge on any atom is -0.474 e. The number of amides is 1. The van der Waals surface area contributed by atoms with Crippen LogP contribution in [0.15, 0.2) is 43.1 Å². The molecule has 30 heavy (non-hydrogen) atoms. The summed E-state index contributed by atoms with van der Waals surface area (Å²) in [5, 5.41) is 6.06. The first-order chi connectivity index (χ1) is 14.7. The average Bonchev–Trinajstić information content (AvgIpc) is 3.43. The molecule has 1 aliphatic rings. The Kier molecular flexibility index (Phi) is 6.17. The van der Waals surface area contributed by atoms with E-state index in [2.05, 4.69) is 30.6 Å². The molecule has 4 rings (SSSR count). The summed E-state index contributed by atoms with van der Waals surface area (Å²) in [6.45, 7) is 2.89. The van der Waals surface area contributed by atoms with Crippen molar-refractivity contribution in [2.24, 2.45) is 0 Å². The summed E-state index contributed by atoms with van der Waals surface area (Å²) in [5.41, 5.74) is 0.508. The van der Waals surface area contributed by atoms with E-state index >= 15 is 0 Å². The molecule has 0 unspecified atom stereocenters. The molecule has 3 aromatic heterocycles. The van der Waals surface area contributed by atoms with E-state index in [-0.39, 0.29) is 12.0 Å². The number of anilines is 1. The largest absolute Gasteiger partial charge is 0.474 e. The number of ether oxygens (including phenoxy) is 1. The molecule has 0 radical (unpaired) electrons. The van der Waals surface area contributed by atoms with Crippen LogP contribution in [0.1, 0.15) is 41.9 Å². The van der Waals surface area contributed by atoms with Gasteiger partial charge < -0.3 is 15.4 Å². The number of carbonyl (C=O) groups is 1. The highest BCUT2D eigenvalue weighted by Gasteiger charge is 2.17. The average molecular weight is 407 g/mol. The molecular weight excluding hydrogens is 382 g/mol. The lowest BCUT2D eigenvalue weighted by atomic mass is 10.2. The number of rotatable bonds is 8. The molecule has 0 aliphatic heterocycles. The van der Waals surface area contributed by atoms with E-state index in [4.69, 9.17) is 4.74 Å². The van der Waals surface area contributed by atoms with E-state index < -0.39 is 0 Å². The number of hydrogen-bond acceptors (Lipinski definition) is 7. The molecule has 1 saturated carbocycles. The third-order valence-electron chi connectivity index (χ3n) is 5.03. The highest BCUT2D eigenvalue weighted by atomic mass is 16.5. The molecule has 3 heterocycles. The third-order valence-corrected chi connectivity index (χ3v) is 5.03. The van der Waals surface area contributed by atoms with E-state index in [9.17, 15) is 4.79 Å². The Morgan fingerprint density at radius 1 is 1.17 bits per heavy atom. The van der Waals surface area contributed by atoms with Crippen molar-refractivity contribution in [3.63, 3.8) is 0 Å². The molecule has 9 nitrogen and oxygen atoms in total. The van der Waals surface area contributed by atoms with E-state index in [1.807, 2.05) is 23.8 Å². The fourth-order valence-corrected chi connectivity index (χ4v) is 3.43. The Morgan fingerprint density at radius 2 is 2.03 bits per heavy atom. The zero-order chi connectivity index (χ0) is 20.8. The van der Waals surface area contributed by atoms with Crippen molar-refractivity contribution in [3.8, 4) is 11.7 Å². The zero-order valence-corrected chi connectivity index (χ0v) is 16.9. The van der Waals surface area contributed by atoms with E-state index in [1.165, 1.54) is 19.2 Å². The normalized spacial score (nSPS) is 13.9. The number of carbonyl (C=O) groups excluding carboxylic acids is 1. The molecule has 0 bridgehead atoms. The molecule has 0 saturated heterocycles. The van der Waals surface area contributed by atoms with Gasteiger partial charge in [0, 0.05) is 43.8 Å². The van der Waals surface area contributed by atoms with Crippen molar-refractivity contribution < 1.29 is 9.53 Å². The van der Waals surface area contributed by atoms with E-state index in [0.717, 1.165) is 24.5 Å². The number of nitrogens with one attached hydrogen (secondary N) is 2. The minimum atomic E-state index is -0.172. The molecule has 9 heteroatoms. The Labute approximate surface area is 174 Å². The van der Waals surface area contributed by atoms with E-state index in [1.54, 1.807) is 24.5 Å². The van der Waals surface area contributed by atoms with Crippen LogP contribution in [0.3, 0.4) is 0 Å². The zero-order valence-electron chi connectivity index (χ0n) is 16.9. The van der Waals surface area contributed by atoms with Crippen molar-refractivity contribution in [2.75, 3.05) is 18.4 Å². The van der Waals surface area contributed by atoms with Crippen molar-refractivity contribution in [1.82, 2.24) is 29.8 Å². The SMILES string of the molecule is Cc1nccn1-c1cc(NCCNC(=O)c2ccc(OC3CCCC3)nc2)ncn1. The number of aryl methyl sites for hydroxylation is 1. The van der Waals surface area contributed by atoms with Gasteiger partial charge in [-0.2, -0.15) is 0 Å². The van der Waals surface area contributed by atoms with Crippen molar-refractivity contribution in [2.45, 2.75) is 38.7 Å². The van der Waals surface area contributed by atoms with Crippen LogP contribution in [0, 0.1) is 6.92 Å². The van der Waals surface area contributed by atoms with Gasteiger partial charge in [0.25, 0.3) is 5.91 Å². The fraction of sp³-hybridized carbons (Fsp3) is 0.381. The Morgan fingerprint density at radius 3 is 2.77 bits per heavy atom. The van der Waals surface area contributed by atoms with Gasteiger partial charge in [0.15, 0.2) is 0 Å². The third kappa shape index (κ3) is 4.91. The van der Waals surface area contributed by atoms with Gasteiger partial charge in [0.1, 0.15) is 29.9 Å². The van der Waals surface area contributed by atoms with Gasteiger partial charge in [0.2, 0.25) is 5.88 Å². The molecule has 2 N–H and O–H groups in total. The first-order valence-electron chi connectivity index (χ1n) is 10.2. The molecule has 0 aromatic carbocycles. The number of aromatic nitrogens is 5. The van der Waals surface area contributed by atoms with Crippen LogP contribution in [0.2, 0.25) is 0 Å². The van der Waals surface area contributed by atoms with Crippen LogP contribution >= 0.6 is 0 Å². The van der Waals surface area contributed by atoms with Gasteiger partial charge in [-0.05, 0) is 38.7 Å². The van der Waals surface area contributed by atoms with Gasteiger partial charge in [-0.1, -0.05) is 0 Å². The summed E-state index contributed by atoms with van der Waals surface area (Å²) in [6, 6.07) is 5.33. The van der Waals surface area contributed by atoms with Crippen molar-refractivity contribution in [1.29, 1.82) is 0 Å². The summed E-state index contributed by atoms with van der Waals surface area (Å²) >= 11 is 0. The molecule has 156 valence electrons. The topological polar surface area (TPSA) is 107 Å². The summed E-state index contributed by atoms with van der Waals surface area (Å²) in [5.74, 6) is 2.66. The standard InChI is InChI=1S/C21H25N7O2/c1-15-22-10-11-28(15)19-12-18(26-14-27-19)23-8-9-24-21(29)16-6-7-20(25-13-16)30-17-4-2-3-5-17/h6-7,10-14,17H,2-5,8-9H2,1H3,(H,24,29)(H,23,26,27). The maximum atomic E-state index is 12.3. The second-order valence-corrected chi connectivity index (χ2v) is 7.20. The second-order valence-electron chi connectivity index (χ2n) is 7.20. The van der Waals surface area contributed by atoms with Crippen LogP contribution < -0.4 is 15.4 Å². The minimum absolute atomic E-state index is 0.172. The maximum Gasteiger partial charge on any atom is 0.252 e. The Bertz CT molecular complexity index is 981. The summed E-state index contributed by atoms with van der Waals surface area (Å²) in [7, 11) is 0. The first-order valence-corrected chi connectivity index (χ1v) is 10.2. The van der Waals surface area contributed by atoms with Crippen molar-refractivity contribution in [3.05, 3.63) is 54.5 Å². The lowest BCUT2D eigenvalue weighted by Gasteiger charge is -2.12. The maximum absolute atomic E-state index is 12.3. The molecule has 0 atom stereocenters. The fourth-order valence-electron chi connectivity index (χ4n) is 3.43. The molecular formula is C21H25N7O2. The predicted molar refractivity (Wildman–Crippen MR) is 112 cm³/mol. The second kappa shape index (κ2) is 9.34. The van der Waals surface area contributed by atoms with Crippen LogP contribution in [0.4, 0.5) is 5.82 Å². The van der Waals surface area contributed by atoms with Crippen molar-refractivity contribution >= 4 is 11.7 Å². The van der Waals surface area contributed by atoms with Gasteiger partial charge >= 0.3 is 0 Å². The molecule has 1 amide bonds. The van der Waals surface area contributed by atoms with Gasteiger partial charge in [-0.25, -0.2) is 19.9 Å². The van der Waals surface area contributed by atoms with Crippen LogP contribution in [0.25, 0.3) is 5.82 Å². The van der Waals surface area contributed by atoms with E-state index in [0.29, 0.717) is 30.4 Å². The number of pyridine rings is 1. The molecule has 3 aromatic rings. The first kappa shape index (κ1) is 19.8. The summed E-state index contributed by atoms with van der Waals surface area (Å²) in [4.78, 5) is 29.2. The van der Waals surface area contributed by atoms with Gasteiger partial charge in [-0.15, -0.1) is 0 Å². The van der Waals surface area contributed by atoms with Gasteiger partial charge in [-0.3, -0.25) is 9.36 Å². The molecule has 1 aliphatic carbocycles. The highest BCUT2D eigenvalue weighted by Crippen LogP contribution is 2.22. The highest BCUT2D eigenvalue weighted by molar-refractivity contribution is 5.93. The van der Waals surface area contributed by atoms with Gasteiger partial charge in [0.05, 0.1) is 5.56 Å². The summed E-state index contributed by atoms with van der Waals surface area (Å²) < 4.78 is 7.71. The number of nitrogens with zero attached hydrogens (tertiary/aromatic N) is 5. The Hall–Kier alpha value is -3.49. The van der Waals surface area contributed by atoms with Crippen LogP contribution in [-0.2, 0) is 0 Å². The number of hydrogen-bond donors (Lipinski definition) is 2. The molecule has 1 fully saturated rings. The van der Waals surface area contributed by atoms with Crippen LogP contribution in [-0.4, -0.2) is 49.6 Å². The quantitative estimate of drug-likeness (QED) is 0.553. The smallest absolute Gasteiger partial charge is 0.252 e. The monoisotopic (exact) mass is 407 g/mol. The Balaban J connectivity index is 1.23. The number of imidazole rings is 1. The lowest BCUT2D eigenvalue weighted by Crippen LogP contribution is -2.29.